The monoisotopic (exact) mass is 436 g/mol. The Balaban J connectivity index is 1.46. The number of benzene rings is 2. The molecule has 0 saturated heterocycles. The second kappa shape index (κ2) is 8.88. The molecule has 2 aromatic carbocycles. The van der Waals surface area contributed by atoms with Gasteiger partial charge in [-0.05, 0) is 35.9 Å². The minimum atomic E-state index is -0.269. The van der Waals surface area contributed by atoms with Crippen LogP contribution in [0.4, 0.5) is 11.5 Å². The van der Waals surface area contributed by atoms with Crippen molar-refractivity contribution in [2.24, 2.45) is 0 Å². The van der Waals surface area contributed by atoms with E-state index in [1.54, 1.807) is 44.6 Å². The van der Waals surface area contributed by atoms with Gasteiger partial charge in [-0.15, -0.1) is 11.3 Å². The fraction of sp³-hybridized carbons (Fsp3) is 0.136. The van der Waals surface area contributed by atoms with Gasteiger partial charge in [0.2, 0.25) is 5.91 Å². The molecule has 0 unspecified atom stereocenters. The van der Waals surface area contributed by atoms with E-state index < -0.39 is 0 Å². The van der Waals surface area contributed by atoms with Crippen LogP contribution in [0.25, 0.3) is 10.2 Å². The van der Waals surface area contributed by atoms with Crippen molar-refractivity contribution in [3.8, 4) is 11.5 Å². The zero-order chi connectivity index (χ0) is 21.8. The molecule has 0 atom stereocenters. The van der Waals surface area contributed by atoms with E-state index in [-0.39, 0.29) is 18.2 Å². The number of carbonyl (C=O) groups is 2. The zero-order valence-electron chi connectivity index (χ0n) is 16.9. The van der Waals surface area contributed by atoms with Crippen LogP contribution in [0.1, 0.15) is 15.2 Å². The van der Waals surface area contributed by atoms with E-state index in [1.165, 1.54) is 11.3 Å². The van der Waals surface area contributed by atoms with Gasteiger partial charge in [0.25, 0.3) is 5.91 Å². The number of amides is 2. The molecular formula is C22H20N4O4S. The lowest BCUT2D eigenvalue weighted by Crippen LogP contribution is -2.15. The van der Waals surface area contributed by atoms with E-state index in [0.717, 1.165) is 11.3 Å². The predicted molar refractivity (Wildman–Crippen MR) is 120 cm³/mol. The number of para-hydroxylation sites is 2. The SMILES string of the molecule is COc1ccc(CC(=O)Nc2n[nH]c3sc(C(=O)Nc4ccccc4OC)cc23)cc1. The summed E-state index contributed by atoms with van der Waals surface area (Å²) < 4.78 is 10.4. The minimum absolute atomic E-state index is 0.198. The van der Waals surface area contributed by atoms with Crippen LogP contribution in [0.2, 0.25) is 0 Å². The van der Waals surface area contributed by atoms with Gasteiger partial charge in [-0.2, -0.15) is 5.10 Å². The van der Waals surface area contributed by atoms with Gasteiger partial charge in [0.05, 0.1) is 36.6 Å². The van der Waals surface area contributed by atoms with Crippen LogP contribution in [0.5, 0.6) is 11.5 Å². The molecule has 4 rings (SSSR count). The van der Waals surface area contributed by atoms with Gasteiger partial charge in [0.1, 0.15) is 16.3 Å². The number of H-pyrrole nitrogens is 1. The largest absolute Gasteiger partial charge is 0.497 e. The van der Waals surface area contributed by atoms with Crippen molar-refractivity contribution in [3.05, 3.63) is 65.0 Å². The lowest BCUT2D eigenvalue weighted by atomic mass is 10.1. The Morgan fingerprint density at radius 1 is 1.03 bits per heavy atom. The summed E-state index contributed by atoms with van der Waals surface area (Å²) in [5, 5.41) is 13.4. The average Bonchev–Trinajstić information content (AvgIpc) is 3.37. The van der Waals surface area contributed by atoms with Gasteiger partial charge in [0, 0.05) is 0 Å². The first-order valence-corrected chi connectivity index (χ1v) is 10.2. The Morgan fingerprint density at radius 2 is 1.81 bits per heavy atom. The summed E-state index contributed by atoms with van der Waals surface area (Å²) in [4.78, 5) is 26.3. The van der Waals surface area contributed by atoms with E-state index in [4.69, 9.17) is 9.47 Å². The Kier molecular flexibility index (Phi) is 5.85. The topological polar surface area (TPSA) is 105 Å². The number of anilines is 2. The van der Waals surface area contributed by atoms with E-state index in [2.05, 4.69) is 20.8 Å². The Bertz CT molecular complexity index is 1230. The number of ether oxygens (including phenoxy) is 2. The Labute approximate surface area is 182 Å². The first-order valence-electron chi connectivity index (χ1n) is 9.42. The lowest BCUT2D eigenvalue weighted by molar-refractivity contribution is -0.115. The molecule has 3 N–H and O–H groups in total. The van der Waals surface area contributed by atoms with E-state index in [9.17, 15) is 9.59 Å². The summed E-state index contributed by atoms with van der Waals surface area (Å²) in [5.74, 6) is 1.22. The summed E-state index contributed by atoms with van der Waals surface area (Å²) in [6.45, 7) is 0. The molecule has 31 heavy (non-hydrogen) atoms. The predicted octanol–water partition coefficient (Wildman–Crippen LogP) is 4.08. The number of carbonyl (C=O) groups excluding carboxylic acids is 2. The molecule has 9 heteroatoms. The normalized spacial score (nSPS) is 10.6. The highest BCUT2D eigenvalue weighted by molar-refractivity contribution is 7.20. The highest BCUT2D eigenvalue weighted by Crippen LogP contribution is 2.31. The lowest BCUT2D eigenvalue weighted by Gasteiger charge is -2.08. The van der Waals surface area contributed by atoms with Crippen LogP contribution in [-0.4, -0.2) is 36.2 Å². The van der Waals surface area contributed by atoms with Crippen molar-refractivity contribution < 1.29 is 19.1 Å². The number of methoxy groups -OCH3 is 2. The van der Waals surface area contributed by atoms with Crippen molar-refractivity contribution in [2.45, 2.75) is 6.42 Å². The molecule has 158 valence electrons. The van der Waals surface area contributed by atoms with E-state index in [0.29, 0.717) is 32.3 Å². The number of rotatable bonds is 7. The fourth-order valence-electron chi connectivity index (χ4n) is 3.06. The maximum atomic E-state index is 12.7. The minimum Gasteiger partial charge on any atom is -0.497 e. The van der Waals surface area contributed by atoms with Crippen LogP contribution < -0.4 is 20.1 Å². The van der Waals surface area contributed by atoms with Gasteiger partial charge < -0.3 is 20.1 Å². The summed E-state index contributed by atoms with van der Waals surface area (Å²) in [7, 11) is 3.14. The molecule has 0 bridgehead atoms. The van der Waals surface area contributed by atoms with Crippen LogP contribution in [0.3, 0.4) is 0 Å². The number of thiophene rings is 1. The zero-order valence-corrected chi connectivity index (χ0v) is 17.7. The highest BCUT2D eigenvalue weighted by atomic mass is 32.1. The Hall–Kier alpha value is -3.85. The third-order valence-electron chi connectivity index (χ3n) is 4.62. The van der Waals surface area contributed by atoms with Gasteiger partial charge in [-0.1, -0.05) is 24.3 Å². The van der Waals surface area contributed by atoms with Crippen LogP contribution >= 0.6 is 11.3 Å². The fourth-order valence-corrected chi connectivity index (χ4v) is 3.96. The smallest absolute Gasteiger partial charge is 0.265 e. The quantitative estimate of drug-likeness (QED) is 0.405. The molecule has 0 aliphatic heterocycles. The number of nitrogens with zero attached hydrogens (tertiary/aromatic N) is 1. The van der Waals surface area contributed by atoms with Crippen molar-refractivity contribution in [2.75, 3.05) is 24.9 Å². The second-order valence-corrected chi connectivity index (χ2v) is 7.71. The molecule has 0 aliphatic rings. The Morgan fingerprint density at radius 3 is 2.55 bits per heavy atom. The molecule has 0 aliphatic carbocycles. The number of fused-ring (bicyclic) bond motifs is 1. The second-order valence-electron chi connectivity index (χ2n) is 6.65. The molecular weight excluding hydrogens is 416 g/mol. The first-order chi connectivity index (χ1) is 15.1. The molecule has 2 aromatic heterocycles. The average molecular weight is 436 g/mol. The molecule has 2 amide bonds. The molecule has 0 saturated carbocycles. The molecule has 0 radical (unpaired) electrons. The van der Waals surface area contributed by atoms with Gasteiger partial charge in [-0.3, -0.25) is 14.7 Å². The van der Waals surface area contributed by atoms with Gasteiger partial charge >= 0.3 is 0 Å². The number of hydrogen-bond donors (Lipinski definition) is 3. The molecule has 4 aromatic rings. The summed E-state index contributed by atoms with van der Waals surface area (Å²) in [5.41, 5.74) is 1.44. The number of nitrogens with one attached hydrogen (secondary N) is 3. The third-order valence-corrected chi connectivity index (χ3v) is 5.66. The van der Waals surface area contributed by atoms with Crippen LogP contribution in [0, 0.1) is 0 Å². The third kappa shape index (κ3) is 4.51. The van der Waals surface area contributed by atoms with Crippen LogP contribution in [0.15, 0.2) is 54.6 Å². The van der Waals surface area contributed by atoms with Crippen molar-refractivity contribution in [1.29, 1.82) is 0 Å². The molecule has 0 fully saturated rings. The van der Waals surface area contributed by atoms with E-state index in [1.807, 2.05) is 24.3 Å². The summed E-state index contributed by atoms with van der Waals surface area (Å²) >= 11 is 1.26. The molecule has 0 spiro atoms. The standard InChI is InChI=1S/C22H20N4O4S/c1-29-14-9-7-13(8-10-14)11-19(27)24-20-15-12-18(31-22(15)26-25-20)21(28)23-16-5-3-4-6-17(16)30-2/h3-10,12H,11H2,1-2H3,(H,23,28)(H2,24,25,26,27). The maximum absolute atomic E-state index is 12.7. The summed E-state index contributed by atoms with van der Waals surface area (Å²) in [6.07, 6.45) is 0.198. The van der Waals surface area contributed by atoms with Crippen molar-refractivity contribution in [3.63, 3.8) is 0 Å². The maximum Gasteiger partial charge on any atom is 0.265 e. The number of aromatic amines is 1. The highest BCUT2D eigenvalue weighted by Gasteiger charge is 2.17. The summed E-state index contributed by atoms with van der Waals surface area (Å²) in [6, 6.07) is 16.2. The van der Waals surface area contributed by atoms with Crippen molar-refractivity contribution >= 4 is 44.9 Å². The molecule has 2 heterocycles. The number of aromatic nitrogens is 2. The van der Waals surface area contributed by atoms with Crippen molar-refractivity contribution in [1.82, 2.24) is 10.2 Å². The first kappa shape index (κ1) is 20.4. The van der Waals surface area contributed by atoms with Gasteiger partial charge in [-0.25, -0.2) is 0 Å². The van der Waals surface area contributed by atoms with Crippen LogP contribution in [-0.2, 0) is 11.2 Å². The van der Waals surface area contributed by atoms with Gasteiger partial charge in [0.15, 0.2) is 5.82 Å². The molecule has 8 nitrogen and oxygen atoms in total. The van der Waals surface area contributed by atoms with E-state index >= 15 is 0 Å². The number of hydrogen-bond acceptors (Lipinski definition) is 6.